The highest BCUT2D eigenvalue weighted by atomic mass is 32.2. The lowest BCUT2D eigenvalue weighted by Gasteiger charge is -2.12. The molecule has 4 rings (SSSR count). The summed E-state index contributed by atoms with van der Waals surface area (Å²) in [6.07, 6.45) is 0. The van der Waals surface area contributed by atoms with E-state index in [4.69, 9.17) is 9.47 Å². The fourth-order valence-electron chi connectivity index (χ4n) is 3.42. The van der Waals surface area contributed by atoms with Gasteiger partial charge in [0, 0.05) is 16.9 Å². The van der Waals surface area contributed by atoms with E-state index >= 15 is 0 Å². The molecule has 0 aliphatic rings. The van der Waals surface area contributed by atoms with E-state index in [0.29, 0.717) is 11.0 Å². The normalized spacial score (nSPS) is 10.7. The van der Waals surface area contributed by atoms with Crippen LogP contribution in [-0.2, 0) is 4.79 Å². The molecule has 0 unspecified atom stereocenters. The number of thioether (sulfide) groups is 1. The Balaban J connectivity index is 1.61. The maximum atomic E-state index is 12.7. The molecule has 8 heteroatoms. The maximum absolute atomic E-state index is 12.7. The number of carbonyl (C=O) groups is 1. The first kappa shape index (κ1) is 23.4. The summed E-state index contributed by atoms with van der Waals surface area (Å²) in [6.45, 7) is 4.07. The van der Waals surface area contributed by atoms with Crippen LogP contribution in [0, 0.1) is 13.8 Å². The van der Waals surface area contributed by atoms with Crippen molar-refractivity contribution in [3.8, 4) is 28.6 Å². The Morgan fingerprint density at radius 3 is 2.38 bits per heavy atom. The topological polar surface area (TPSA) is 78.3 Å². The van der Waals surface area contributed by atoms with Crippen molar-refractivity contribution in [3.63, 3.8) is 0 Å². The molecule has 7 nitrogen and oxygen atoms in total. The number of anilines is 1. The van der Waals surface area contributed by atoms with Crippen LogP contribution < -0.4 is 14.8 Å². The minimum Gasteiger partial charge on any atom is -0.497 e. The van der Waals surface area contributed by atoms with Crippen LogP contribution in [0.15, 0.2) is 71.9 Å². The molecule has 1 heterocycles. The molecule has 3 aromatic carbocycles. The number of benzene rings is 3. The highest BCUT2D eigenvalue weighted by Gasteiger charge is 2.18. The Morgan fingerprint density at radius 2 is 1.68 bits per heavy atom. The van der Waals surface area contributed by atoms with Crippen LogP contribution in [0.2, 0.25) is 0 Å². The minimum atomic E-state index is -0.111. The SMILES string of the molecule is COc1ccc(-n2c(SCC(=O)Nc3ccc(C)c(C)c3)nnc2-c2cccc(OC)c2)cc1. The second-order valence-corrected chi connectivity index (χ2v) is 8.65. The average molecular weight is 475 g/mol. The third kappa shape index (κ3) is 5.23. The zero-order valence-corrected chi connectivity index (χ0v) is 20.3. The fourth-order valence-corrected chi connectivity index (χ4v) is 4.17. The van der Waals surface area contributed by atoms with Crippen LogP contribution in [0.3, 0.4) is 0 Å². The van der Waals surface area contributed by atoms with E-state index in [1.54, 1.807) is 14.2 Å². The summed E-state index contributed by atoms with van der Waals surface area (Å²) in [5.41, 5.74) is 4.81. The Labute approximate surface area is 203 Å². The van der Waals surface area contributed by atoms with E-state index in [9.17, 15) is 4.79 Å². The molecule has 0 bridgehead atoms. The first-order valence-corrected chi connectivity index (χ1v) is 11.7. The predicted octanol–water partition coefficient (Wildman–Crippen LogP) is 5.30. The van der Waals surface area contributed by atoms with Crippen LogP contribution >= 0.6 is 11.8 Å². The lowest BCUT2D eigenvalue weighted by atomic mass is 10.1. The van der Waals surface area contributed by atoms with E-state index in [1.165, 1.54) is 17.3 Å². The van der Waals surface area contributed by atoms with E-state index in [1.807, 2.05) is 85.1 Å². The largest absolute Gasteiger partial charge is 0.497 e. The van der Waals surface area contributed by atoms with E-state index < -0.39 is 0 Å². The van der Waals surface area contributed by atoms with Crippen LogP contribution in [0.25, 0.3) is 17.1 Å². The molecule has 0 spiro atoms. The molecule has 174 valence electrons. The molecule has 0 saturated heterocycles. The van der Waals surface area contributed by atoms with Crippen molar-refractivity contribution in [2.75, 3.05) is 25.3 Å². The smallest absolute Gasteiger partial charge is 0.234 e. The number of ether oxygens (including phenoxy) is 2. The fraction of sp³-hybridized carbons (Fsp3) is 0.192. The van der Waals surface area contributed by atoms with Crippen molar-refractivity contribution in [1.82, 2.24) is 14.8 Å². The molecule has 1 amide bonds. The molecule has 0 aliphatic heterocycles. The molecule has 0 aliphatic carbocycles. The molecule has 34 heavy (non-hydrogen) atoms. The van der Waals surface area contributed by atoms with Gasteiger partial charge in [0.2, 0.25) is 5.91 Å². The molecular weight excluding hydrogens is 448 g/mol. The van der Waals surface area contributed by atoms with Gasteiger partial charge >= 0.3 is 0 Å². The van der Waals surface area contributed by atoms with Crippen LogP contribution in [0.5, 0.6) is 11.5 Å². The first-order valence-electron chi connectivity index (χ1n) is 10.7. The molecule has 1 N–H and O–H groups in total. The van der Waals surface area contributed by atoms with Crippen molar-refractivity contribution in [2.45, 2.75) is 19.0 Å². The van der Waals surface area contributed by atoms with E-state index in [0.717, 1.165) is 34.0 Å². The van der Waals surface area contributed by atoms with E-state index in [-0.39, 0.29) is 11.7 Å². The molecule has 0 fully saturated rings. The van der Waals surface area contributed by atoms with Crippen LogP contribution in [0.1, 0.15) is 11.1 Å². The Kier molecular flexibility index (Phi) is 7.18. The highest BCUT2D eigenvalue weighted by Crippen LogP contribution is 2.30. The number of aryl methyl sites for hydroxylation is 2. The number of amides is 1. The van der Waals surface area contributed by atoms with Gasteiger partial charge in [-0.15, -0.1) is 10.2 Å². The Hall–Kier alpha value is -3.78. The Bertz CT molecular complexity index is 1300. The standard InChI is InChI=1S/C26H26N4O3S/c1-17-8-9-20(14-18(17)2)27-24(31)16-34-26-29-28-25(19-6-5-7-23(15-19)33-4)30(26)21-10-12-22(32-3)13-11-21/h5-15H,16H2,1-4H3,(H,27,31). The molecule has 4 aromatic rings. The summed E-state index contributed by atoms with van der Waals surface area (Å²) < 4.78 is 12.6. The second kappa shape index (κ2) is 10.4. The predicted molar refractivity (Wildman–Crippen MR) is 135 cm³/mol. The number of aromatic nitrogens is 3. The van der Waals surface area contributed by atoms with Gasteiger partial charge in [0.15, 0.2) is 11.0 Å². The Morgan fingerprint density at radius 1 is 0.912 bits per heavy atom. The van der Waals surface area contributed by atoms with Crippen molar-refractivity contribution < 1.29 is 14.3 Å². The average Bonchev–Trinajstić information content (AvgIpc) is 3.29. The number of methoxy groups -OCH3 is 2. The summed E-state index contributed by atoms with van der Waals surface area (Å²) in [6, 6.07) is 21.2. The third-order valence-corrected chi connectivity index (χ3v) is 6.34. The van der Waals surface area contributed by atoms with Gasteiger partial charge in [-0.25, -0.2) is 0 Å². The van der Waals surface area contributed by atoms with Crippen molar-refractivity contribution >= 4 is 23.4 Å². The lowest BCUT2D eigenvalue weighted by molar-refractivity contribution is -0.113. The van der Waals surface area contributed by atoms with Gasteiger partial charge in [-0.3, -0.25) is 9.36 Å². The number of nitrogens with zero attached hydrogens (tertiary/aromatic N) is 3. The third-order valence-electron chi connectivity index (χ3n) is 5.41. The number of hydrogen-bond donors (Lipinski definition) is 1. The zero-order chi connectivity index (χ0) is 24.1. The second-order valence-electron chi connectivity index (χ2n) is 7.71. The first-order chi connectivity index (χ1) is 16.5. The summed E-state index contributed by atoms with van der Waals surface area (Å²) in [4.78, 5) is 12.7. The molecule has 0 saturated carbocycles. The summed E-state index contributed by atoms with van der Waals surface area (Å²) in [5, 5.41) is 12.4. The monoisotopic (exact) mass is 474 g/mol. The summed E-state index contributed by atoms with van der Waals surface area (Å²) in [7, 11) is 3.26. The summed E-state index contributed by atoms with van der Waals surface area (Å²) >= 11 is 1.33. The van der Waals surface area contributed by atoms with Crippen molar-refractivity contribution in [1.29, 1.82) is 0 Å². The van der Waals surface area contributed by atoms with Gasteiger partial charge in [-0.05, 0) is 73.5 Å². The highest BCUT2D eigenvalue weighted by molar-refractivity contribution is 7.99. The van der Waals surface area contributed by atoms with Crippen molar-refractivity contribution in [3.05, 3.63) is 77.9 Å². The number of nitrogens with one attached hydrogen (secondary N) is 1. The number of hydrogen-bond acceptors (Lipinski definition) is 6. The quantitative estimate of drug-likeness (QED) is 0.349. The van der Waals surface area contributed by atoms with Gasteiger partial charge in [0.25, 0.3) is 0 Å². The molecule has 1 aromatic heterocycles. The summed E-state index contributed by atoms with van der Waals surface area (Å²) in [5.74, 6) is 2.21. The van der Waals surface area contributed by atoms with Gasteiger partial charge < -0.3 is 14.8 Å². The zero-order valence-electron chi connectivity index (χ0n) is 19.5. The molecule has 0 radical (unpaired) electrons. The molecule has 0 atom stereocenters. The van der Waals surface area contributed by atoms with Crippen molar-refractivity contribution in [2.24, 2.45) is 0 Å². The lowest BCUT2D eigenvalue weighted by Crippen LogP contribution is -2.14. The van der Waals surface area contributed by atoms with Gasteiger partial charge in [-0.2, -0.15) is 0 Å². The maximum Gasteiger partial charge on any atom is 0.234 e. The van der Waals surface area contributed by atoms with Crippen LogP contribution in [0.4, 0.5) is 5.69 Å². The van der Waals surface area contributed by atoms with E-state index in [2.05, 4.69) is 15.5 Å². The number of rotatable bonds is 8. The number of carbonyl (C=O) groups excluding carboxylic acids is 1. The van der Waals surface area contributed by atoms with Gasteiger partial charge in [0.1, 0.15) is 11.5 Å². The minimum absolute atomic E-state index is 0.111. The van der Waals surface area contributed by atoms with Crippen LogP contribution in [-0.4, -0.2) is 40.6 Å². The van der Waals surface area contributed by atoms with Gasteiger partial charge in [0.05, 0.1) is 20.0 Å². The molecular formula is C26H26N4O3S. The van der Waals surface area contributed by atoms with Gasteiger partial charge in [-0.1, -0.05) is 30.0 Å².